The van der Waals surface area contributed by atoms with Crippen molar-refractivity contribution >= 4 is 11.6 Å². The average molecular weight is 315 g/mol. The van der Waals surface area contributed by atoms with Crippen molar-refractivity contribution in [2.75, 3.05) is 6.54 Å². The second-order valence-corrected chi connectivity index (χ2v) is 6.70. The summed E-state index contributed by atoms with van der Waals surface area (Å²) in [5.41, 5.74) is 4.77. The smallest absolute Gasteiger partial charge is 0.131 e. The van der Waals surface area contributed by atoms with E-state index in [4.69, 9.17) is 16.6 Å². The normalized spacial score (nSPS) is 18.3. The zero-order valence-corrected chi connectivity index (χ0v) is 13.5. The molecule has 2 aromatic rings. The Balaban J connectivity index is 1.49. The van der Waals surface area contributed by atoms with Gasteiger partial charge in [-0.3, -0.25) is 4.90 Å². The van der Waals surface area contributed by atoms with Gasteiger partial charge in [-0.05, 0) is 31.4 Å². The maximum absolute atomic E-state index is 5.93. The number of pyridine rings is 1. The van der Waals surface area contributed by atoms with E-state index in [0.29, 0.717) is 11.1 Å². The molecule has 1 fully saturated rings. The third-order valence-corrected chi connectivity index (χ3v) is 4.74. The van der Waals surface area contributed by atoms with E-state index >= 15 is 0 Å². The molecule has 1 aliphatic heterocycles. The average Bonchev–Trinajstić information content (AvgIpc) is 3.34. The molecular weight excluding hydrogens is 296 g/mol. The Kier molecular flexibility index (Phi) is 3.59. The summed E-state index contributed by atoms with van der Waals surface area (Å²) in [7, 11) is 0. The van der Waals surface area contributed by atoms with E-state index in [-0.39, 0.29) is 0 Å². The molecule has 2 aliphatic rings. The first-order valence-corrected chi connectivity index (χ1v) is 8.26. The molecule has 0 radical (unpaired) electrons. The van der Waals surface area contributed by atoms with E-state index in [1.54, 1.807) is 0 Å². The fourth-order valence-electron chi connectivity index (χ4n) is 3.03. The number of rotatable bonds is 3. The van der Waals surface area contributed by atoms with Crippen LogP contribution in [0.5, 0.6) is 0 Å². The predicted octanol–water partition coefficient (Wildman–Crippen LogP) is 3.27. The Labute approximate surface area is 135 Å². The van der Waals surface area contributed by atoms with Crippen LogP contribution < -0.4 is 0 Å². The predicted molar refractivity (Wildman–Crippen MR) is 85.8 cm³/mol. The highest BCUT2D eigenvalue weighted by molar-refractivity contribution is 6.29. The number of halogens is 1. The summed E-state index contributed by atoms with van der Waals surface area (Å²) in [5, 5.41) is 0.561. The van der Waals surface area contributed by atoms with Gasteiger partial charge in [0.15, 0.2) is 0 Å². The second-order valence-electron chi connectivity index (χ2n) is 6.31. The number of aromatic nitrogens is 3. The minimum absolute atomic E-state index is 0.561. The van der Waals surface area contributed by atoms with E-state index < -0.39 is 0 Å². The van der Waals surface area contributed by atoms with Crippen LogP contribution in [0.3, 0.4) is 0 Å². The fraction of sp³-hybridized carbons (Fsp3) is 0.471. The molecule has 3 heterocycles. The van der Waals surface area contributed by atoms with Crippen LogP contribution in [0.25, 0.3) is 0 Å². The third kappa shape index (κ3) is 2.85. The molecule has 4 rings (SSSR count). The minimum atomic E-state index is 0.561. The first-order valence-electron chi connectivity index (χ1n) is 7.88. The van der Waals surface area contributed by atoms with Crippen LogP contribution in [0.4, 0.5) is 0 Å². The van der Waals surface area contributed by atoms with Crippen LogP contribution in [-0.2, 0) is 19.5 Å². The van der Waals surface area contributed by atoms with Gasteiger partial charge in [-0.15, -0.1) is 0 Å². The molecule has 5 heteroatoms. The molecule has 1 aliphatic carbocycles. The van der Waals surface area contributed by atoms with Crippen molar-refractivity contribution in [2.45, 2.75) is 45.2 Å². The first kappa shape index (κ1) is 14.1. The van der Waals surface area contributed by atoms with Gasteiger partial charge in [0.1, 0.15) is 11.0 Å². The van der Waals surface area contributed by atoms with E-state index in [1.165, 1.54) is 29.7 Å². The third-order valence-electron chi connectivity index (χ3n) is 4.53. The molecule has 1 saturated carbocycles. The van der Waals surface area contributed by atoms with Crippen molar-refractivity contribution in [2.24, 2.45) is 0 Å². The number of aryl methyl sites for hydroxylation is 1. The quantitative estimate of drug-likeness (QED) is 0.815. The fourth-order valence-corrected chi connectivity index (χ4v) is 3.22. The summed E-state index contributed by atoms with van der Waals surface area (Å²) >= 11 is 5.93. The monoisotopic (exact) mass is 314 g/mol. The molecule has 4 nitrogen and oxygen atoms in total. The zero-order valence-electron chi connectivity index (χ0n) is 12.7. The van der Waals surface area contributed by atoms with Crippen LogP contribution in [-0.4, -0.2) is 26.4 Å². The first-order chi connectivity index (χ1) is 10.7. The summed E-state index contributed by atoms with van der Waals surface area (Å²) in [6.45, 7) is 4.88. The summed E-state index contributed by atoms with van der Waals surface area (Å²) < 4.78 is 0. The standard InChI is InChI=1S/C17H19ClN4/c1-11-13(4-5-16(18)20-11)9-22-7-6-15-14(10-22)8-19-17(21-15)12-2-3-12/h4-5,8,12H,2-3,6-7,9-10H2,1H3. The Morgan fingerprint density at radius 1 is 1.27 bits per heavy atom. The van der Waals surface area contributed by atoms with Crippen molar-refractivity contribution in [3.05, 3.63) is 51.8 Å². The molecule has 0 bridgehead atoms. The molecule has 0 saturated heterocycles. The van der Waals surface area contributed by atoms with Crippen LogP contribution >= 0.6 is 11.6 Å². The molecular formula is C17H19ClN4. The van der Waals surface area contributed by atoms with Crippen molar-refractivity contribution in [3.63, 3.8) is 0 Å². The molecule has 2 aromatic heterocycles. The molecule has 0 N–H and O–H groups in total. The molecule has 0 atom stereocenters. The van der Waals surface area contributed by atoms with E-state index in [1.807, 2.05) is 19.2 Å². The topological polar surface area (TPSA) is 41.9 Å². The number of hydrogen-bond acceptors (Lipinski definition) is 4. The lowest BCUT2D eigenvalue weighted by Crippen LogP contribution is -2.31. The Hall–Kier alpha value is -1.52. The Morgan fingerprint density at radius 3 is 2.91 bits per heavy atom. The van der Waals surface area contributed by atoms with Crippen LogP contribution in [0.2, 0.25) is 5.15 Å². The highest BCUT2D eigenvalue weighted by Crippen LogP contribution is 2.38. The number of nitrogens with zero attached hydrogens (tertiary/aromatic N) is 4. The van der Waals surface area contributed by atoms with Crippen molar-refractivity contribution < 1.29 is 0 Å². The van der Waals surface area contributed by atoms with Gasteiger partial charge in [-0.1, -0.05) is 17.7 Å². The van der Waals surface area contributed by atoms with Gasteiger partial charge >= 0.3 is 0 Å². The van der Waals surface area contributed by atoms with Crippen molar-refractivity contribution in [3.8, 4) is 0 Å². The lowest BCUT2D eigenvalue weighted by Gasteiger charge is -2.28. The van der Waals surface area contributed by atoms with E-state index in [2.05, 4.69) is 20.9 Å². The van der Waals surface area contributed by atoms with Crippen molar-refractivity contribution in [1.82, 2.24) is 19.9 Å². The molecule has 22 heavy (non-hydrogen) atoms. The van der Waals surface area contributed by atoms with Gasteiger partial charge in [0.25, 0.3) is 0 Å². The van der Waals surface area contributed by atoms with Crippen LogP contribution in [0, 0.1) is 6.92 Å². The molecule has 114 valence electrons. The Morgan fingerprint density at radius 2 is 2.14 bits per heavy atom. The van der Waals surface area contributed by atoms with E-state index in [0.717, 1.165) is 37.6 Å². The molecule has 0 aromatic carbocycles. The van der Waals surface area contributed by atoms with Gasteiger partial charge < -0.3 is 0 Å². The van der Waals surface area contributed by atoms with Gasteiger partial charge in [0, 0.05) is 55.1 Å². The zero-order chi connectivity index (χ0) is 15.1. The van der Waals surface area contributed by atoms with Crippen molar-refractivity contribution in [1.29, 1.82) is 0 Å². The molecule has 0 unspecified atom stereocenters. The summed E-state index contributed by atoms with van der Waals surface area (Å²) in [6.07, 6.45) is 5.56. The maximum atomic E-state index is 5.93. The second kappa shape index (κ2) is 5.60. The summed E-state index contributed by atoms with van der Waals surface area (Å²) in [5.74, 6) is 1.69. The maximum Gasteiger partial charge on any atom is 0.131 e. The van der Waals surface area contributed by atoms with Gasteiger partial charge in [0.05, 0.1) is 0 Å². The van der Waals surface area contributed by atoms with E-state index in [9.17, 15) is 0 Å². The summed E-state index contributed by atoms with van der Waals surface area (Å²) in [6, 6.07) is 3.94. The van der Waals surface area contributed by atoms with Gasteiger partial charge in [0.2, 0.25) is 0 Å². The van der Waals surface area contributed by atoms with Gasteiger partial charge in [-0.2, -0.15) is 0 Å². The highest BCUT2D eigenvalue weighted by Gasteiger charge is 2.28. The molecule has 0 amide bonds. The molecule has 0 spiro atoms. The summed E-state index contributed by atoms with van der Waals surface area (Å²) in [4.78, 5) is 16.1. The lowest BCUT2D eigenvalue weighted by molar-refractivity contribution is 0.242. The van der Waals surface area contributed by atoms with Crippen LogP contribution in [0.1, 0.15) is 47.1 Å². The van der Waals surface area contributed by atoms with Crippen LogP contribution in [0.15, 0.2) is 18.3 Å². The highest BCUT2D eigenvalue weighted by atomic mass is 35.5. The number of fused-ring (bicyclic) bond motifs is 1. The Bertz CT molecular complexity index is 712. The minimum Gasteiger partial charge on any atom is -0.294 e. The van der Waals surface area contributed by atoms with Gasteiger partial charge in [-0.25, -0.2) is 15.0 Å². The lowest BCUT2D eigenvalue weighted by atomic mass is 10.1. The SMILES string of the molecule is Cc1nc(Cl)ccc1CN1CCc2nc(C3CC3)ncc2C1. The number of hydrogen-bond donors (Lipinski definition) is 0. The largest absolute Gasteiger partial charge is 0.294 e.